The molecule has 0 fully saturated rings. The average molecular weight is 314 g/mol. The molecular formula is C16H15FN4O2. The lowest BCUT2D eigenvalue weighted by molar-refractivity contribution is -0.121. The van der Waals surface area contributed by atoms with Gasteiger partial charge < -0.3 is 10.1 Å². The number of hydrogen-bond donors (Lipinski definition) is 1. The summed E-state index contributed by atoms with van der Waals surface area (Å²) in [4.78, 5) is 11.8. The molecule has 1 aromatic carbocycles. The van der Waals surface area contributed by atoms with Gasteiger partial charge in [-0.1, -0.05) is 12.1 Å². The number of ether oxygens (including phenoxy) is 1. The van der Waals surface area contributed by atoms with Crippen molar-refractivity contribution in [3.63, 3.8) is 0 Å². The van der Waals surface area contributed by atoms with E-state index in [1.165, 1.54) is 12.1 Å². The first-order valence-electron chi connectivity index (χ1n) is 7.16. The average Bonchev–Trinajstić information content (AvgIpc) is 2.96. The van der Waals surface area contributed by atoms with Crippen LogP contribution in [-0.4, -0.2) is 27.1 Å². The fourth-order valence-electron chi connectivity index (χ4n) is 2.10. The first kappa shape index (κ1) is 15.0. The Balaban J connectivity index is 1.46. The summed E-state index contributed by atoms with van der Waals surface area (Å²) in [5.41, 5.74) is 0.728. The van der Waals surface area contributed by atoms with Crippen LogP contribution >= 0.6 is 0 Å². The monoisotopic (exact) mass is 314 g/mol. The van der Waals surface area contributed by atoms with Gasteiger partial charge in [-0.05, 0) is 24.3 Å². The van der Waals surface area contributed by atoms with E-state index in [0.29, 0.717) is 11.6 Å². The quantitative estimate of drug-likeness (QED) is 0.755. The lowest BCUT2D eigenvalue weighted by atomic mass is 10.3. The highest BCUT2D eigenvalue weighted by Crippen LogP contribution is 2.11. The summed E-state index contributed by atoms with van der Waals surface area (Å²) < 4.78 is 20.1. The number of amides is 1. The molecule has 0 aliphatic rings. The van der Waals surface area contributed by atoms with Crippen molar-refractivity contribution in [2.75, 3.05) is 6.61 Å². The lowest BCUT2D eigenvalue weighted by Gasteiger charge is -2.07. The van der Waals surface area contributed by atoms with Crippen LogP contribution in [-0.2, 0) is 11.3 Å². The summed E-state index contributed by atoms with van der Waals surface area (Å²) in [6.45, 7) is 0.458. The van der Waals surface area contributed by atoms with Crippen LogP contribution in [0, 0.1) is 5.82 Å². The van der Waals surface area contributed by atoms with Gasteiger partial charge in [0.25, 0.3) is 0 Å². The summed E-state index contributed by atoms with van der Waals surface area (Å²) >= 11 is 0. The number of hydrogen-bond acceptors (Lipinski definition) is 4. The molecule has 118 valence electrons. The third kappa shape index (κ3) is 3.82. The Morgan fingerprint density at radius 1 is 1.22 bits per heavy atom. The number of nitrogens with one attached hydrogen (secondary N) is 1. The second kappa shape index (κ2) is 6.87. The van der Waals surface area contributed by atoms with Crippen molar-refractivity contribution in [2.24, 2.45) is 0 Å². The molecule has 2 aromatic heterocycles. The highest BCUT2D eigenvalue weighted by Gasteiger charge is 2.07. The third-order valence-corrected chi connectivity index (χ3v) is 3.22. The molecule has 2 heterocycles. The molecule has 0 saturated carbocycles. The Labute approximate surface area is 131 Å². The molecule has 0 atom stereocenters. The molecule has 3 rings (SSSR count). The van der Waals surface area contributed by atoms with Crippen LogP contribution in [0.3, 0.4) is 0 Å². The zero-order valence-corrected chi connectivity index (χ0v) is 12.3. The summed E-state index contributed by atoms with van der Waals surface area (Å²) in [6.07, 6.45) is 2.01. The molecule has 23 heavy (non-hydrogen) atoms. The van der Waals surface area contributed by atoms with E-state index in [2.05, 4.69) is 15.5 Å². The van der Waals surface area contributed by atoms with Gasteiger partial charge in [-0.3, -0.25) is 9.20 Å². The highest BCUT2D eigenvalue weighted by molar-refractivity contribution is 5.75. The number of pyridine rings is 1. The Morgan fingerprint density at radius 2 is 2.13 bits per heavy atom. The molecule has 0 unspecified atom stereocenters. The van der Waals surface area contributed by atoms with Gasteiger partial charge in [0.2, 0.25) is 5.91 Å². The third-order valence-electron chi connectivity index (χ3n) is 3.22. The second-order valence-corrected chi connectivity index (χ2v) is 4.88. The van der Waals surface area contributed by atoms with Crippen molar-refractivity contribution in [1.29, 1.82) is 0 Å². The van der Waals surface area contributed by atoms with E-state index in [1.54, 1.807) is 12.1 Å². The van der Waals surface area contributed by atoms with Crippen molar-refractivity contribution in [3.05, 3.63) is 60.3 Å². The van der Waals surface area contributed by atoms with Gasteiger partial charge in [-0.25, -0.2) is 4.39 Å². The van der Waals surface area contributed by atoms with Crippen LogP contribution in [0.15, 0.2) is 48.7 Å². The number of nitrogens with zero attached hydrogens (tertiary/aromatic N) is 3. The molecule has 6 nitrogen and oxygen atoms in total. The van der Waals surface area contributed by atoms with Crippen LogP contribution < -0.4 is 10.1 Å². The van der Waals surface area contributed by atoms with Crippen molar-refractivity contribution >= 4 is 11.6 Å². The zero-order chi connectivity index (χ0) is 16.1. The normalized spacial score (nSPS) is 10.7. The number of halogens is 1. The van der Waals surface area contributed by atoms with Gasteiger partial charge in [-0.15, -0.1) is 10.2 Å². The number of carbonyl (C=O) groups is 1. The molecule has 1 N–H and O–H groups in total. The van der Waals surface area contributed by atoms with E-state index in [9.17, 15) is 9.18 Å². The van der Waals surface area contributed by atoms with Crippen LogP contribution in [0.1, 0.15) is 12.2 Å². The Morgan fingerprint density at radius 3 is 3.00 bits per heavy atom. The maximum Gasteiger partial charge on any atom is 0.223 e. The van der Waals surface area contributed by atoms with Gasteiger partial charge in [0.15, 0.2) is 11.5 Å². The second-order valence-electron chi connectivity index (χ2n) is 4.88. The zero-order valence-electron chi connectivity index (χ0n) is 12.3. The van der Waals surface area contributed by atoms with E-state index in [1.807, 2.05) is 28.8 Å². The maximum atomic E-state index is 13.0. The summed E-state index contributed by atoms with van der Waals surface area (Å²) in [6, 6.07) is 11.4. The largest absolute Gasteiger partial charge is 0.493 e. The van der Waals surface area contributed by atoms with Crippen molar-refractivity contribution < 1.29 is 13.9 Å². The van der Waals surface area contributed by atoms with E-state index in [0.717, 1.165) is 5.65 Å². The Kier molecular flexibility index (Phi) is 4.46. The lowest BCUT2D eigenvalue weighted by Crippen LogP contribution is -2.25. The molecular weight excluding hydrogens is 299 g/mol. The van der Waals surface area contributed by atoms with Gasteiger partial charge in [-0.2, -0.15) is 0 Å². The number of fused-ring (bicyclic) bond motifs is 1. The van der Waals surface area contributed by atoms with Gasteiger partial charge in [0, 0.05) is 12.3 Å². The summed E-state index contributed by atoms with van der Waals surface area (Å²) in [5, 5.41) is 10.8. The first-order chi connectivity index (χ1) is 11.2. The number of carbonyl (C=O) groups excluding carboxylic acids is 1. The Hall–Kier alpha value is -2.96. The first-order valence-corrected chi connectivity index (χ1v) is 7.16. The fraction of sp³-hybridized carbons (Fsp3) is 0.188. The van der Waals surface area contributed by atoms with Crippen LogP contribution in [0.5, 0.6) is 5.75 Å². The fourth-order valence-corrected chi connectivity index (χ4v) is 2.10. The molecule has 0 bridgehead atoms. The molecule has 0 radical (unpaired) electrons. The predicted octanol–water partition coefficient (Wildman–Crippen LogP) is 1.95. The maximum absolute atomic E-state index is 13.0. The molecule has 3 aromatic rings. The highest BCUT2D eigenvalue weighted by atomic mass is 19.1. The van der Waals surface area contributed by atoms with E-state index in [-0.39, 0.29) is 31.3 Å². The van der Waals surface area contributed by atoms with E-state index >= 15 is 0 Å². The minimum absolute atomic E-state index is 0.172. The predicted molar refractivity (Wildman–Crippen MR) is 81.3 cm³/mol. The molecule has 0 saturated heterocycles. The molecule has 7 heteroatoms. The topological polar surface area (TPSA) is 68.5 Å². The number of rotatable bonds is 6. The number of benzene rings is 1. The molecule has 1 amide bonds. The van der Waals surface area contributed by atoms with Crippen molar-refractivity contribution in [3.8, 4) is 5.75 Å². The Bertz CT molecular complexity index is 818. The van der Waals surface area contributed by atoms with Gasteiger partial charge in [0.1, 0.15) is 11.6 Å². The van der Waals surface area contributed by atoms with Crippen LogP contribution in [0.25, 0.3) is 5.65 Å². The minimum Gasteiger partial charge on any atom is -0.493 e. The minimum atomic E-state index is -0.370. The van der Waals surface area contributed by atoms with E-state index < -0.39 is 0 Å². The molecule has 0 aliphatic heterocycles. The number of aromatic nitrogens is 3. The van der Waals surface area contributed by atoms with Crippen LogP contribution in [0.4, 0.5) is 4.39 Å². The van der Waals surface area contributed by atoms with Gasteiger partial charge >= 0.3 is 0 Å². The summed E-state index contributed by atoms with van der Waals surface area (Å²) in [7, 11) is 0. The standard InChI is InChI=1S/C16H15FN4O2/c17-12-4-3-5-13(10-12)23-9-7-16(22)18-11-15-20-19-14-6-1-2-8-21(14)15/h1-6,8,10H,7,9,11H2,(H,18,22). The smallest absolute Gasteiger partial charge is 0.223 e. The van der Waals surface area contributed by atoms with Gasteiger partial charge in [0.05, 0.1) is 19.6 Å². The summed E-state index contributed by atoms with van der Waals surface area (Å²) in [5.74, 6) is 0.515. The van der Waals surface area contributed by atoms with Crippen LogP contribution in [0.2, 0.25) is 0 Å². The molecule has 0 aliphatic carbocycles. The van der Waals surface area contributed by atoms with E-state index in [4.69, 9.17) is 4.74 Å². The molecule has 0 spiro atoms. The van der Waals surface area contributed by atoms with Crippen molar-refractivity contribution in [1.82, 2.24) is 19.9 Å². The van der Waals surface area contributed by atoms with Crippen molar-refractivity contribution in [2.45, 2.75) is 13.0 Å². The SMILES string of the molecule is O=C(CCOc1cccc(F)c1)NCc1nnc2ccccn12.